The molecule has 2 aliphatic rings. The van der Waals surface area contributed by atoms with Crippen molar-refractivity contribution in [1.29, 1.82) is 0 Å². The van der Waals surface area contributed by atoms with E-state index in [9.17, 15) is 18.0 Å². The van der Waals surface area contributed by atoms with Gasteiger partial charge in [-0.15, -0.1) is 0 Å². The number of hydrogen-bond acceptors (Lipinski definition) is 6. The molecule has 2 saturated heterocycles. The molecule has 34 heavy (non-hydrogen) atoms. The highest BCUT2D eigenvalue weighted by molar-refractivity contribution is 7.99. The summed E-state index contributed by atoms with van der Waals surface area (Å²) in [4.78, 5) is 12.6. The lowest BCUT2D eigenvalue weighted by Crippen LogP contribution is -2.63. The summed E-state index contributed by atoms with van der Waals surface area (Å²) in [7, 11) is 0. The van der Waals surface area contributed by atoms with Crippen LogP contribution in [-0.4, -0.2) is 54.3 Å². The van der Waals surface area contributed by atoms with Gasteiger partial charge in [0.05, 0.1) is 19.3 Å². The fourth-order valence-corrected chi connectivity index (χ4v) is 5.14. The first-order valence-electron chi connectivity index (χ1n) is 10.8. The van der Waals surface area contributed by atoms with Gasteiger partial charge in [0.2, 0.25) is 0 Å². The molecule has 2 aromatic carbocycles. The third-order valence-corrected chi connectivity index (χ3v) is 6.61. The summed E-state index contributed by atoms with van der Waals surface area (Å²) in [5, 5.41) is 2.09. The summed E-state index contributed by atoms with van der Waals surface area (Å²) in [5.74, 6) is -3.12. The number of rotatable bonds is 7. The Hall–Kier alpha value is -2.11. The Bertz CT molecular complexity index is 960. The van der Waals surface area contributed by atoms with E-state index in [1.165, 1.54) is 11.8 Å². The molecule has 0 bridgehead atoms. The zero-order valence-corrected chi connectivity index (χ0v) is 19.5. The molecule has 0 radical (unpaired) electrons. The second kappa shape index (κ2) is 10.2. The molecule has 0 spiro atoms. The van der Waals surface area contributed by atoms with Crippen molar-refractivity contribution in [3.8, 4) is 0 Å². The van der Waals surface area contributed by atoms with Crippen LogP contribution in [0.15, 0.2) is 65.6 Å². The maximum atomic E-state index is 13.1. The largest absolute Gasteiger partial charge is 0.471 e. The lowest BCUT2D eigenvalue weighted by atomic mass is 9.98. The summed E-state index contributed by atoms with van der Waals surface area (Å²) in [6, 6.07) is 17.6. The lowest BCUT2D eigenvalue weighted by Gasteiger charge is -2.42. The van der Waals surface area contributed by atoms with Crippen molar-refractivity contribution in [1.82, 2.24) is 5.32 Å². The van der Waals surface area contributed by atoms with Crippen molar-refractivity contribution >= 4 is 17.7 Å². The molecule has 6 nitrogen and oxygen atoms in total. The van der Waals surface area contributed by atoms with Crippen LogP contribution in [0.3, 0.4) is 0 Å². The fraction of sp³-hybridized carbons (Fsp3) is 0.458. The molecule has 0 unspecified atom stereocenters. The van der Waals surface area contributed by atoms with Crippen molar-refractivity contribution in [3.05, 3.63) is 66.2 Å². The van der Waals surface area contributed by atoms with Crippen LogP contribution in [0, 0.1) is 0 Å². The van der Waals surface area contributed by atoms with Crippen LogP contribution in [0.2, 0.25) is 0 Å². The normalized spacial score (nSPS) is 28.3. The molecule has 5 atom stereocenters. The van der Waals surface area contributed by atoms with E-state index in [-0.39, 0.29) is 6.61 Å². The van der Waals surface area contributed by atoms with Crippen molar-refractivity contribution in [2.24, 2.45) is 0 Å². The Kier molecular flexibility index (Phi) is 7.54. The number of carbonyl (C=O) groups excluding carboxylic acids is 1. The smallest absolute Gasteiger partial charge is 0.374 e. The van der Waals surface area contributed by atoms with Crippen LogP contribution >= 0.6 is 11.8 Å². The Labute approximate surface area is 200 Å². The van der Waals surface area contributed by atoms with E-state index in [4.69, 9.17) is 18.9 Å². The number of hydrogen-bond donors (Lipinski definition) is 1. The summed E-state index contributed by atoms with van der Waals surface area (Å²) >= 11 is 1.21. The summed E-state index contributed by atoms with van der Waals surface area (Å²) in [6.45, 7) is 3.83. The average Bonchev–Trinajstić information content (AvgIpc) is 3.12. The number of nitrogens with one attached hydrogen (secondary N) is 1. The molecule has 2 fully saturated rings. The minimum atomic E-state index is -5.04. The highest BCUT2D eigenvalue weighted by atomic mass is 32.2. The summed E-state index contributed by atoms with van der Waals surface area (Å²) < 4.78 is 63.4. The topological polar surface area (TPSA) is 66.0 Å². The van der Waals surface area contributed by atoms with Gasteiger partial charge in [-0.25, -0.2) is 0 Å². The van der Waals surface area contributed by atoms with Crippen LogP contribution in [0.4, 0.5) is 13.2 Å². The van der Waals surface area contributed by atoms with Gasteiger partial charge >= 0.3 is 12.1 Å². The molecule has 184 valence electrons. The van der Waals surface area contributed by atoms with Gasteiger partial charge < -0.3 is 24.3 Å². The predicted octanol–water partition coefficient (Wildman–Crippen LogP) is 4.29. The van der Waals surface area contributed by atoms with Gasteiger partial charge in [0.15, 0.2) is 5.79 Å². The average molecular weight is 498 g/mol. The molecule has 2 aliphatic heterocycles. The van der Waals surface area contributed by atoms with Gasteiger partial charge in [0.25, 0.3) is 0 Å². The molecule has 2 heterocycles. The first kappa shape index (κ1) is 25.0. The predicted molar refractivity (Wildman–Crippen MR) is 119 cm³/mol. The zero-order chi connectivity index (χ0) is 24.3. The Morgan fingerprint density at radius 2 is 1.65 bits per heavy atom. The molecule has 0 aliphatic carbocycles. The molecule has 10 heteroatoms. The van der Waals surface area contributed by atoms with Crippen LogP contribution in [-0.2, 0) is 30.3 Å². The van der Waals surface area contributed by atoms with Gasteiger partial charge in [-0.05, 0) is 31.5 Å². The molecule has 1 N–H and O–H groups in total. The highest BCUT2D eigenvalue weighted by Gasteiger charge is 2.57. The molecule has 0 aromatic heterocycles. The van der Waals surface area contributed by atoms with Gasteiger partial charge in [-0.1, -0.05) is 60.3 Å². The Morgan fingerprint density at radius 3 is 2.29 bits per heavy atom. The van der Waals surface area contributed by atoms with Crippen LogP contribution in [0.25, 0.3) is 0 Å². The van der Waals surface area contributed by atoms with E-state index < -0.39 is 47.7 Å². The standard InChI is InChI=1S/C24H26F3NO5S/c1-23(2)32-19-17(14-30-13-15-9-5-3-6-10-15)31-21(34-16-11-7-4-8-12-16)18(20(19)33-23)28-22(29)24(25,26)27/h3-12,17-21H,13-14H2,1-2H3,(H,28,29)/t17-,18-,19+,20-,21+/m1/s1. The number of fused-ring (bicyclic) bond motifs is 1. The number of carbonyl (C=O) groups is 1. The number of benzene rings is 2. The van der Waals surface area contributed by atoms with Crippen molar-refractivity contribution in [2.45, 2.75) is 67.1 Å². The van der Waals surface area contributed by atoms with Gasteiger partial charge in [0, 0.05) is 4.90 Å². The van der Waals surface area contributed by atoms with Crippen molar-refractivity contribution < 1.29 is 36.9 Å². The van der Waals surface area contributed by atoms with Gasteiger partial charge in [0.1, 0.15) is 23.7 Å². The number of ether oxygens (including phenoxy) is 4. The minimum Gasteiger partial charge on any atom is -0.374 e. The molecular weight excluding hydrogens is 471 g/mol. The number of thioether (sulfide) groups is 1. The van der Waals surface area contributed by atoms with Crippen molar-refractivity contribution in [3.63, 3.8) is 0 Å². The third kappa shape index (κ3) is 6.11. The Morgan fingerprint density at radius 1 is 1.03 bits per heavy atom. The van der Waals surface area contributed by atoms with E-state index in [0.29, 0.717) is 6.61 Å². The van der Waals surface area contributed by atoms with Gasteiger partial charge in [-0.3, -0.25) is 4.79 Å². The van der Waals surface area contributed by atoms with E-state index in [2.05, 4.69) is 5.32 Å². The first-order chi connectivity index (χ1) is 16.1. The monoisotopic (exact) mass is 497 g/mol. The van der Waals surface area contributed by atoms with Gasteiger partial charge in [-0.2, -0.15) is 13.2 Å². The zero-order valence-electron chi connectivity index (χ0n) is 18.7. The molecule has 4 rings (SSSR count). The molecule has 1 amide bonds. The fourth-order valence-electron chi connectivity index (χ4n) is 3.99. The molecular formula is C24H26F3NO5S. The van der Waals surface area contributed by atoms with E-state index >= 15 is 0 Å². The number of alkyl halides is 3. The van der Waals surface area contributed by atoms with E-state index in [1.807, 2.05) is 60.7 Å². The number of halogens is 3. The van der Waals surface area contributed by atoms with E-state index in [0.717, 1.165) is 10.5 Å². The third-order valence-electron chi connectivity index (χ3n) is 5.43. The number of amides is 1. The molecule has 2 aromatic rings. The van der Waals surface area contributed by atoms with Crippen LogP contribution in [0.1, 0.15) is 19.4 Å². The Balaban J connectivity index is 1.56. The highest BCUT2D eigenvalue weighted by Crippen LogP contribution is 2.42. The first-order valence-corrected chi connectivity index (χ1v) is 11.7. The van der Waals surface area contributed by atoms with Crippen LogP contribution in [0.5, 0.6) is 0 Å². The SMILES string of the molecule is CC1(C)O[C@@H]2[C@@H](NC(=O)C(F)(F)F)[C@H](Sc3ccccc3)O[C@H](COCc3ccccc3)[C@@H]2O1. The van der Waals surface area contributed by atoms with Crippen LogP contribution < -0.4 is 5.32 Å². The maximum absolute atomic E-state index is 13.1. The lowest BCUT2D eigenvalue weighted by molar-refractivity contribution is -0.181. The van der Waals surface area contributed by atoms with E-state index in [1.54, 1.807) is 13.8 Å². The summed E-state index contributed by atoms with van der Waals surface area (Å²) in [5.41, 5.74) is 0.113. The second-order valence-corrected chi connectivity index (χ2v) is 9.71. The van der Waals surface area contributed by atoms with Crippen molar-refractivity contribution in [2.75, 3.05) is 6.61 Å². The summed E-state index contributed by atoms with van der Waals surface area (Å²) in [6.07, 6.45) is -7.24. The minimum absolute atomic E-state index is 0.140. The quantitative estimate of drug-likeness (QED) is 0.616. The maximum Gasteiger partial charge on any atom is 0.471 e. The second-order valence-electron chi connectivity index (χ2n) is 8.54. The molecule has 0 saturated carbocycles.